The molecule has 4 nitrogen and oxygen atoms in total. The van der Waals surface area contributed by atoms with Crippen molar-refractivity contribution in [2.45, 2.75) is 19.3 Å². The van der Waals surface area contributed by atoms with Crippen molar-refractivity contribution in [1.29, 1.82) is 0 Å². The van der Waals surface area contributed by atoms with Crippen LogP contribution >= 0.6 is 11.3 Å². The Kier molecular flexibility index (Phi) is 4.24. The number of thiazole rings is 1. The number of anilines is 1. The maximum Gasteiger partial charge on any atom is 0.335 e. The fourth-order valence-electron chi connectivity index (χ4n) is 2.43. The number of carboxylic acids is 1. The summed E-state index contributed by atoms with van der Waals surface area (Å²) in [5, 5.41) is 13.1. The van der Waals surface area contributed by atoms with E-state index < -0.39 is 5.97 Å². The number of halogens is 1. The molecule has 0 unspecified atom stereocenters. The van der Waals surface area contributed by atoms with Crippen LogP contribution in [0.2, 0.25) is 0 Å². The van der Waals surface area contributed by atoms with Crippen LogP contribution in [-0.4, -0.2) is 22.6 Å². The summed E-state index contributed by atoms with van der Waals surface area (Å²) in [6, 6.07) is 11.4. The van der Waals surface area contributed by atoms with Gasteiger partial charge in [-0.1, -0.05) is 37.3 Å². The monoisotopic (exact) mass is 344 g/mol. The van der Waals surface area contributed by atoms with E-state index in [2.05, 4.69) is 24.1 Å². The average molecular weight is 344 g/mol. The number of benzene rings is 2. The SMILES string of the molecule is CC(C)(CNc1nc2ccc(C(=O)O)cc2s1)c1ccc(F)cc1. The number of nitrogens with one attached hydrogen (secondary N) is 1. The highest BCUT2D eigenvalue weighted by Crippen LogP contribution is 2.29. The molecule has 1 heterocycles. The molecule has 0 spiro atoms. The third kappa shape index (κ3) is 3.38. The van der Waals surface area contributed by atoms with E-state index in [1.165, 1.54) is 23.5 Å². The van der Waals surface area contributed by atoms with Crippen LogP contribution < -0.4 is 5.32 Å². The zero-order valence-electron chi connectivity index (χ0n) is 13.3. The second-order valence-corrected chi connectivity index (χ2v) is 7.28. The third-order valence-corrected chi connectivity index (χ3v) is 4.92. The van der Waals surface area contributed by atoms with Gasteiger partial charge in [0.2, 0.25) is 0 Å². The zero-order valence-corrected chi connectivity index (χ0v) is 14.2. The molecule has 0 atom stereocenters. The molecule has 2 N–H and O–H groups in total. The first-order chi connectivity index (χ1) is 11.3. The van der Waals surface area contributed by atoms with Crippen LogP contribution in [0.3, 0.4) is 0 Å². The molecular formula is C18H17FN2O2S. The van der Waals surface area contributed by atoms with E-state index in [0.717, 1.165) is 20.9 Å². The predicted octanol–water partition coefficient (Wildman–Crippen LogP) is 4.52. The molecule has 124 valence electrons. The number of hydrogen-bond donors (Lipinski definition) is 2. The van der Waals surface area contributed by atoms with Crippen molar-refractivity contribution in [1.82, 2.24) is 4.98 Å². The summed E-state index contributed by atoms with van der Waals surface area (Å²) in [5.74, 6) is -1.19. The zero-order chi connectivity index (χ0) is 17.3. The number of hydrogen-bond acceptors (Lipinski definition) is 4. The number of aromatic nitrogens is 1. The second kappa shape index (κ2) is 6.20. The van der Waals surface area contributed by atoms with Gasteiger partial charge in [0.05, 0.1) is 15.8 Å². The molecule has 24 heavy (non-hydrogen) atoms. The van der Waals surface area contributed by atoms with Crippen molar-refractivity contribution in [3.63, 3.8) is 0 Å². The van der Waals surface area contributed by atoms with Crippen LogP contribution in [0.4, 0.5) is 9.52 Å². The van der Waals surface area contributed by atoms with E-state index in [0.29, 0.717) is 6.54 Å². The van der Waals surface area contributed by atoms with Gasteiger partial charge in [-0.05, 0) is 35.9 Å². The second-order valence-electron chi connectivity index (χ2n) is 6.25. The molecule has 0 radical (unpaired) electrons. The van der Waals surface area contributed by atoms with Crippen molar-refractivity contribution >= 4 is 32.7 Å². The lowest BCUT2D eigenvalue weighted by molar-refractivity contribution is 0.0697. The lowest BCUT2D eigenvalue weighted by atomic mass is 9.85. The molecule has 0 aliphatic heterocycles. The molecule has 0 saturated carbocycles. The van der Waals surface area contributed by atoms with E-state index in [1.807, 2.05) is 0 Å². The molecule has 3 aromatic rings. The van der Waals surface area contributed by atoms with Gasteiger partial charge in [0.25, 0.3) is 0 Å². The molecule has 6 heteroatoms. The summed E-state index contributed by atoms with van der Waals surface area (Å²) in [6.45, 7) is 4.77. The first kappa shape index (κ1) is 16.4. The van der Waals surface area contributed by atoms with Crippen molar-refractivity contribution in [2.75, 3.05) is 11.9 Å². The number of rotatable bonds is 5. The van der Waals surface area contributed by atoms with Gasteiger partial charge < -0.3 is 10.4 Å². The van der Waals surface area contributed by atoms with Gasteiger partial charge >= 0.3 is 5.97 Å². The number of aromatic carboxylic acids is 1. The molecule has 0 saturated heterocycles. The van der Waals surface area contributed by atoms with E-state index in [1.54, 1.807) is 30.3 Å². The summed E-state index contributed by atoms with van der Waals surface area (Å²) in [7, 11) is 0. The Hall–Kier alpha value is -2.47. The predicted molar refractivity (Wildman–Crippen MR) is 94.5 cm³/mol. The minimum absolute atomic E-state index is 0.197. The number of carboxylic acid groups (broad SMARTS) is 1. The Morgan fingerprint density at radius 1 is 1.25 bits per heavy atom. The van der Waals surface area contributed by atoms with Crippen LogP contribution in [0.25, 0.3) is 10.2 Å². The Bertz CT molecular complexity index is 888. The van der Waals surface area contributed by atoms with Crippen molar-refractivity contribution in [3.05, 3.63) is 59.4 Å². The number of nitrogens with zero attached hydrogens (tertiary/aromatic N) is 1. The molecule has 3 rings (SSSR count). The van der Waals surface area contributed by atoms with E-state index in [4.69, 9.17) is 5.11 Å². The van der Waals surface area contributed by atoms with Crippen LogP contribution in [0.5, 0.6) is 0 Å². The van der Waals surface area contributed by atoms with Gasteiger partial charge in [-0.25, -0.2) is 14.2 Å². The van der Waals surface area contributed by atoms with E-state index in [9.17, 15) is 9.18 Å². The van der Waals surface area contributed by atoms with Gasteiger partial charge in [-0.2, -0.15) is 0 Å². The topological polar surface area (TPSA) is 62.2 Å². The summed E-state index contributed by atoms with van der Waals surface area (Å²) < 4.78 is 13.9. The molecular weight excluding hydrogens is 327 g/mol. The fourth-order valence-corrected chi connectivity index (χ4v) is 3.33. The van der Waals surface area contributed by atoms with Gasteiger partial charge in [0, 0.05) is 12.0 Å². The Labute approximate surface area is 143 Å². The van der Waals surface area contributed by atoms with Crippen LogP contribution in [0, 0.1) is 5.82 Å². The molecule has 1 aromatic heterocycles. The fraction of sp³-hybridized carbons (Fsp3) is 0.222. The minimum atomic E-state index is -0.947. The highest BCUT2D eigenvalue weighted by atomic mass is 32.1. The van der Waals surface area contributed by atoms with E-state index >= 15 is 0 Å². The van der Waals surface area contributed by atoms with Gasteiger partial charge in [0.1, 0.15) is 5.82 Å². The van der Waals surface area contributed by atoms with Crippen molar-refractivity contribution in [2.24, 2.45) is 0 Å². The molecule has 0 fully saturated rings. The van der Waals surface area contributed by atoms with Gasteiger partial charge in [-0.3, -0.25) is 0 Å². The van der Waals surface area contributed by atoms with Crippen LogP contribution in [0.15, 0.2) is 42.5 Å². The maximum atomic E-state index is 13.1. The Balaban J connectivity index is 1.77. The molecule has 2 aromatic carbocycles. The van der Waals surface area contributed by atoms with Gasteiger partial charge in [-0.15, -0.1) is 0 Å². The number of carbonyl (C=O) groups is 1. The van der Waals surface area contributed by atoms with E-state index in [-0.39, 0.29) is 16.8 Å². The van der Waals surface area contributed by atoms with Crippen molar-refractivity contribution in [3.8, 4) is 0 Å². The van der Waals surface area contributed by atoms with Crippen LogP contribution in [0.1, 0.15) is 29.8 Å². The van der Waals surface area contributed by atoms with Crippen molar-refractivity contribution < 1.29 is 14.3 Å². The summed E-state index contributed by atoms with van der Waals surface area (Å²) in [5.41, 5.74) is 1.86. The highest BCUT2D eigenvalue weighted by Gasteiger charge is 2.21. The minimum Gasteiger partial charge on any atom is -0.478 e. The lowest BCUT2D eigenvalue weighted by Crippen LogP contribution is -2.27. The number of fused-ring (bicyclic) bond motifs is 1. The lowest BCUT2D eigenvalue weighted by Gasteiger charge is -2.25. The smallest absolute Gasteiger partial charge is 0.335 e. The van der Waals surface area contributed by atoms with Crippen LogP contribution in [-0.2, 0) is 5.41 Å². The third-order valence-electron chi connectivity index (χ3n) is 3.94. The average Bonchev–Trinajstić information content (AvgIpc) is 2.95. The first-order valence-electron chi connectivity index (χ1n) is 7.49. The summed E-state index contributed by atoms with van der Waals surface area (Å²) in [6.07, 6.45) is 0. The maximum absolute atomic E-state index is 13.1. The molecule has 0 bridgehead atoms. The Morgan fingerprint density at radius 2 is 1.96 bits per heavy atom. The molecule has 0 amide bonds. The largest absolute Gasteiger partial charge is 0.478 e. The normalized spacial score (nSPS) is 11.6. The highest BCUT2D eigenvalue weighted by molar-refractivity contribution is 7.22. The summed E-state index contributed by atoms with van der Waals surface area (Å²) >= 11 is 1.42. The molecule has 0 aliphatic carbocycles. The Morgan fingerprint density at radius 3 is 2.62 bits per heavy atom. The quantitative estimate of drug-likeness (QED) is 0.714. The molecule has 0 aliphatic rings. The van der Waals surface area contributed by atoms with Gasteiger partial charge in [0.15, 0.2) is 5.13 Å². The first-order valence-corrected chi connectivity index (χ1v) is 8.31. The summed E-state index contributed by atoms with van der Waals surface area (Å²) in [4.78, 5) is 15.5. The standard InChI is InChI=1S/C18H17FN2O2S/c1-18(2,12-4-6-13(19)7-5-12)10-20-17-21-14-8-3-11(16(22)23)9-15(14)24-17/h3-9H,10H2,1-2H3,(H,20,21)(H,22,23).